The second kappa shape index (κ2) is 6.96. The number of amides is 1. The van der Waals surface area contributed by atoms with Gasteiger partial charge in [-0.2, -0.15) is 13.2 Å². The van der Waals surface area contributed by atoms with Gasteiger partial charge in [-0.1, -0.05) is 13.3 Å². The van der Waals surface area contributed by atoms with E-state index >= 15 is 0 Å². The van der Waals surface area contributed by atoms with Crippen molar-refractivity contribution < 1.29 is 18.0 Å². The molecule has 0 N–H and O–H groups in total. The lowest BCUT2D eigenvalue weighted by atomic mass is 10.0. The lowest BCUT2D eigenvalue weighted by molar-refractivity contribution is -0.138. The number of halogens is 3. The van der Waals surface area contributed by atoms with Crippen LogP contribution in [0.5, 0.6) is 0 Å². The van der Waals surface area contributed by atoms with E-state index in [0.717, 1.165) is 23.1 Å². The van der Waals surface area contributed by atoms with Crippen LogP contribution < -0.4 is 5.56 Å². The van der Waals surface area contributed by atoms with Gasteiger partial charge in [0.1, 0.15) is 6.54 Å². The molecule has 8 heteroatoms. The van der Waals surface area contributed by atoms with E-state index < -0.39 is 17.3 Å². The maximum Gasteiger partial charge on any atom is 0.417 e. The Morgan fingerprint density at radius 3 is 2.46 bits per heavy atom. The number of likely N-dealkylation sites (tertiary alicyclic amines) is 1. The highest BCUT2D eigenvalue weighted by molar-refractivity contribution is 5.76. The van der Waals surface area contributed by atoms with Crippen LogP contribution in [0.2, 0.25) is 0 Å². The smallest absolute Gasteiger partial charge is 0.339 e. The van der Waals surface area contributed by atoms with E-state index in [0.29, 0.717) is 25.2 Å². The predicted molar refractivity (Wildman–Crippen MR) is 83.5 cm³/mol. The van der Waals surface area contributed by atoms with Gasteiger partial charge in [0, 0.05) is 31.4 Å². The molecule has 1 fully saturated rings. The summed E-state index contributed by atoms with van der Waals surface area (Å²) in [7, 11) is 3.89. The molecule has 0 saturated carbocycles. The normalized spacial score (nSPS) is 21.5. The first kappa shape index (κ1) is 18.5. The molecular formula is C16H22F3N3O2. The van der Waals surface area contributed by atoms with Gasteiger partial charge in [0.05, 0.1) is 5.56 Å². The molecule has 134 valence electrons. The van der Waals surface area contributed by atoms with Gasteiger partial charge >= 0.3 is 6.18 Å². The van der Waals surface area contributed by atoms with Gasteiger partial charge in [-0.25, -0.2) is 0 Å². The lowest BCUT2D eigenvalue weighted by Gasteiger charge is -2.23. The van der Waals surface area contributed by atoms with Gasteiger partial charge < -0.3 is 14.4 Å². The monoisotopic (exact) mass is 345 g/mol. The molecule has 0 spiro atoms. The van der Waals surface area contributed by atoms with Crippen LogP contribution in [0.3, 0.4) is 0 Å². The fraction of sp³-hybridized carbons (Fsp3) is 0.625. The lowest BCUT2D eigenvalue weighted by Crippen LogP contribution is -2.38. The second-order valence-corrected chi connectivity index (χ2v) is 6.38. The van der Waals surface area contributed by atoms with E-state index in [1.165, 1.54) is 0 Å². The van der Waals surface area contributed by atoms with Crippen molar-refractivity contribution in [3.8, 4) is 0 Å². The zero-order chi connectivity index (χ0) is 18.1. The average molecular weight is 345 g/mol. The minimum Gasteiger partial charge on any atom is -0.339 e. The Labute approximate surface area is 138 Å². The van der Waals surface area contributed by atoms with Crippen molar-refractivity contribution in [3.63, 3.8) is 0 Å². The molecular weight excluding hydrogens is 323 g/mol. The minimum absolute atomic E-state index is 0.220. The molecule has 1 aliphatic rings. The molecule has 1 aliphatic heterocycles. The molecule has 0 radical (unpaired) electrons. The maximum absolute atomic E-state index is 12.8. The Balaban J connectivity index is 2.14. The van der Waals surface area contributed by atoms with Crippen molar-refractivity contribution >= 4 is 5.91 Å². The summed E-state index contributed by atoms with van der Waals surface area (Å²) in [5.74, 6) is -0.0126. The molecule has 5 nitrogen and oxygen atoms in total. The fourth-order valence-electron chi connectivity index (χ4n) is 3.11. The summed E-state index contributed by atoms with van der Waals surface area (Å²) in [6.07, 6.45) is -2.93. The summed E-state index contributed by atoms with van der Waals surface area (Å²) in [6, 6.07) is 1.79. The Morgan fingerprint density at radius 1 is 1.29 bits per heavy atom. The summed E-state index contributed by atoms with van der Waals surface area (Å²) in [5.41, 5.74) is -1.55. The van der Waals surface area contributed by atoms with E-state index in [2.05, 4.69) is 4.90 Å². The number of alkyl halides is 3. The first-order valence-corrected chi connectivity index (χ1v) is 7.85. The average Bonchev–Trinajstić information content (AvgIpc) is 2.93. The molecule has 1 amide bonds. The maximum atomic E-state index is 12.8. The summed E-state index contributed by atoms with van der Waals surface area (Å²) < 4.78 is 39.1. The number of hydrogen-bond donors (Lipinski definition) is 0. The topological polar surface area (TPSA) is 45.6 Å². The number of nitrogens with zero attached hydrogens (tertiary/aromatic N) is 3. The van der Waals surface area contributed by atoms with Gasteiger partial charge in [0.25, 0.3) is 5.56 Å². The molecule has 2 rings (SSSR count). The van der Waals surface area contributed by atoms with Crippen LogP contribution in [-0.4, -0.2) is 53.5 Å². The quantitative estimate of drug-likeness (QED) is 0.834. The van der Waals surface area contributed by atoms with E-state index in [1.807, 2.05) is 21.0 Å². The van der Waals surface area contributed by atoms with Crippen molar-refractivity contribution in [2.45, 2.75) is 32.1 Å². The van der Waals surface area contributed by atoms with Crippen LogP contribution in [0.25, 0.3) is 0 Å². The number of aromatic nitrogens is 1. The summed E-state index contributed by atoms with van der Waals surface area (Å²) in [5, 5.41) is 0. The largest absolute Gasteiger partial charge is 0.417 e. The van der Waals surface area contributed by atoms with E-state index in [-0.39, 0.29) is 18.5 Å². The molecule has 0 aliphatic carbocycles. The molecule has 2 heterocycles. The Kier molecular flexibility index (Phi) is 5.37. The number of rotatable bonds is 4. The summed E-state index contributed by atoms with van der Waals surface area (Å²) >= 11 is 0. The highest BCUT2D eigenvalue weighted by Crippen LogP contribution is 2.28. The SMILES string of the molecule is CC[C@@H]1CN(C(=O)Cn2cc(C(F)(F)F)ccc2=O)C[C@H]1N(C)C. The summed E-state index contributed by atoms with van der Waals surface area (Å²) in [6.45, 7) is 2.76. The van der Waals surface area contributed by atoms with Crippen molar-refractivity contribution in [3.05, 3.63) is 34.2 Å². The predicted octanol–water partition coefficient (Wildman–Crippen LogP) is 1.67. The number of hydrogen-bond acceptors (Lipinski definition) is 3. The standard InChI is InChI=1S/C16H22F3N3O2/c1-4-11-7-21(9-13(11)20(2)3)15(24)10-22-8-12(16(17,18)19)5-6-14(22)23/h5-6,8,11,13H,4,7,9-10H2,1-3H3/t11-,13-/m1/s1. The summed E-state index contributed by atoms with van der Waals surface area (Å²) in [4.78, 5) is 27.9. The van der Waals surface area contributed by atoms with Gasteiger partial charge in [0.15, 0.2) is 0 Å². The first-order chi connectivity index (χ1) is 11.1. The van der Waals surface area contributed by atoms with Crippen molar-refractivity contribution in [1.29, 1.82) is 0 Å². The van der Waals surface area contributed by atoms with Crippen molar-refractivity contribution in [2.24, 2.45) is 5.92 Å². The first-order valence-electron chi connectivity index (χ1n) is 7.85. The highest BCUT2D eigenvalue weighted by Gasteiger charge is 2.35. The molecule has 1 aromatic rings. The highest BCUT2D eigenvalue weighted by atomic mass is 19.4. The van der Waals surface area contributed by atoms with E-state index in [1.54, 1.807) is 4.90 Å². The van der Waals surface area contributed by atoms with Crippen LogP contribution in [-0.2, 0) is 17.5 Å². The Hall–Kier alpha value is -1.83. The Morgan fingerprint density at radius 2 is 1.96 bits per heavy atom. The van der Waals surface area contributed by atoms with Crippen LogP contribution in [0, 0.1) is 5.92 Å². The van der Waals surface area contributed by atoms with Crippen molar-refractivity contribution in [1.82, 2.24) is 14.4 Å². The minimum atomic E-state index is -4.55. The molecule has 1 saturated heterocycles. The molecule has 0 unspecified atom stereocenters. The van der Waals surface area contributed by atoms with E-state index in [4.69, 9.17) is 0 Å². The Bertz CT molecular complexity index is 655. The molecule has 0 aromatic carbocycles. The van der Waals surface area contributed by atoms with E-state index in [9.17, 15) is 22.8 Å². The third-order valence-electron chi connectivity index (χ3n) is 4.56. The molecule has 2 atom stereocenters. The third kappa shape index (κ3) is 3.98. The van der Waals surface area contributed by atoms with Crippen LogP contribution in [0.1, 0.15) is 18.9 Å². The molecule has 24 heavy (non-hydrogen) atoms. The number of likely N-dealkylation sites (N-methyl/N-ethyl adjacent to an activating group) is 1. The zero-order valence-electron chi connectivity index (χ0n) is 14.0. The second-order valence-electron chi connectivity index (χ2n) is 6.38. The van der Waals surface area contributed by atoms with Gasteiger partial charge in [0.2, 0.25) is 5.91 Å². The van der Waals surface area contributed by atoms with Crippen molar-refractivity contribution in [2.75, 3.05) is 27.2 Å². The van der Waals surface area contributed by atoms with Crippen LogP contribution >= 0.6 is 0 Å². The third-order valence-corrected chi connectivity index (χ3v) is 4.56. The van der Waals surface area contributed by atoms with Crippen LogP contribution in [0.4, 0.5) is 13.2 Å². The number of carbonyl (C=O) groups is 1. The molecule has 1 aromatic heterocycles. The molecule has 0 bridgehead atoms. The van der Waals surface area contributed by atoms with Gasteiger partial charge in [-0.15, -0.1) is 0 Å². The van der Waals surface area contributed by atoms with Crippen LogP contribution in [0.15, 0.2) is 23.1 Å². The number of carbonyl (C=O) groups excluding carboxylic acids is 1. The fourth-order valence-corrected chi connectivity index (χ4v) is 3.11. The zero-order valence-corrected chi connectivity index (χ0v) is 14.0. The van der Waals surface area contributed by atoms with Gasteiger partial charge in [-0.3, -0.25) is 9.59 Å². The number of pyridine rings is 1. The van der Waals surface area contributed by atoms with Gasteiger partial charge in [-0.05, 0) is 26.1 Å².